The van der Waals surface area contributed by atoms with Crippen LogP contribution in [0.4, 0.5) is 18.3 Å². The van der Waals surface area contributed by atoms with Crippen molar-refractivity contribution >= 4 is 32.2 Å². The molecule has 3 rings (SSSR count). The van der Waals surface area contributed by atoms with Gasteiger partial charge in [-0.25, -0.2) is 13.4 Å². The van der Waals surface area contributed by atoms with Crippen molar-refractivity contribution in [3.05, 3.63) is 40.9 Å². The van der Waals surface area contributed by atoms with Crippen LogP contribution >= 0.6 is 11.3 Å². The maximum absolute atomic E-state index is 13.0. The van der Waals surface area contributed by atoms with Crippen LogP contribution in [0.1, 0.15) is 55.4 Å². The smallest absolute Gasteiger partial charge is 0.393 e. The highest BCUT2D eigenvalue weighted by Gasteiger charge is 2.46. The van der Waals surface area contributed by atoms with Crippen molar-refractivity contribution < 1.29 is 36.6 Å². The van der Waals surface area contributed by atoms with Gasteiger partial charge in [0, 0.05) is 5.38 Å². The summed E-state index contributed by atoms with van der Waals surface area (Å²) in [6.07, 6.45) is 3.25. The predicted molar refractivity (Wildman–Crippen MR) is 112 cm³/mol. The Balaban J connectivity index is 1.84. The predicted octanol–water partition coefficient (Wildman–Crippen LogP) is 3.76. The first-order valence-electron chi connectivity index (χ1n) is 9.99. The first-order valence-corrected chi connectivity index (χ1v) is 12.4. The molecule has 0 bridgehead atoms. The highest BCUT2D eigenvalue weighted by molar-refractivity contribution is 7.92. The summed E-state index contributed by atoms with van der Waals surface area (Å²) < 4.78 is 61.7. The number of hydrogen-bond donors (Lipinski definition) is 3. The summed E-state index contributed by atoms with van der Waals surface area (Å²) in [5.41, 5.74) is -4.79. The van der Waals surface area contributed by atoms with Gasteiger partial charge in [-0.2, -0.15) is 13.2 Å². The molecule has 1 aliphatic rings. The van der Waals surface area contributed by atoms with E-state index < -0.39 is 44.8 Å². The molecule has 3 N–H and O–H groups in total. The first kappa shape index (κ1) is 24.6. The molecule has 0 spiro atoms. The van der Waals surface area contributed by atoms with Crippen LogP contribution < -0.4 is 5.32 Å². The number of hydrogen-bond acceptors (Lipinski definition) is 7. The Morgan fingerprint density at radius 3 is 2.41 bits per heavy atom. The van der Waals surface area contributed by atoms with Crippen LogP contribution in [0.15, 0.2) is 34.5 Å². The molecule has 1 amide bonds. The Labute approximate surface area is 187 Å². The molecule has 7 nitrogen and oxygen atoms in total. The Kier molecular flexibility index (Phi) is 7.58. The second-order valence-electron chi connectivity index (χ2n) is 7.72. The number of rotatable bonds is 8. The van der Waals surface area contributed by atoms with Gasteiger partial charge < -0.3 is 15.5 Å². The van der Waals surface area contributed by atoms with Gasteiger partial charge in [0.05, 0.1) is 23.1 Å². The quantitative estimate of drug-likeness (QED) is 0.517. The van der Waals surface area contributed by atoms with Gasteiger partial charge in [0.15, 0.2) is 5.13 Å². The number of benzene rings is 1. The number of thiazole rings is 1. The van der Waals surface area contributed by atoms with Crippen molar-refractivity contribution in [2.75, 3.05) is 11.9 Å². The Bertz CT molecular complexity index is 1030. The number of aliphatic hydroxyl groups is 2. The highest BCUT2D eigenvalue weighted by atomic mass is 32.2. The minimum Gasteiger partial charge on any atom is -0.393 e. The molecule has 2 unspecified atom stereocenters. The molecular weight excluding hydrogens is 469 g/mol. The lowest BCUT2D eigenvalue weighted by Crippen LogP contribution is -2.24. The molecule has 1 aromatic heterocycles. The van der Waals surface area contributed by atoms with E-state index in [1.165, 1.54) is 17.5 Å². The van der Waals surface area contributed by atoms with Gasteiger partial charge in [-0.1, -0.05) is 37.8 Å². The van der Waals surface area contributed by atoms with Crippen LogP contribution in [0.3, 0.4) is 0 Å². The van der Waals surface area contributed by atoms with Gasteiger partial charge in [0.25, 0.3) is 9.84 Å². The number of nitrogens with one attached hydrogen (secondary N) is 1. The maximum Gasteiger partial charge on any atom is 0.501 e. The fourth-order valence-electron chi connectivity index (χ4n) is 3.77. The minimum atomic E-state index is -5.47. The number of anilines is 1. The number of alkyl halides is 3. The Morgan fingerprint density at radius 2 is 1.84 bits per heavy atom. The van der Waals surface area contributed by atoms with Crippen molar-refractivity contribution in [1.82, 2.24) is 4.98 Å². The number of sulfone groups is 1. The second kappa shape index (κ2) is 9.86. The summed E-state index contributed by atoms with van der Waals surface area (Å²) in [7, 11) is -5.47. The van der Waals surface area contributed by atoms with E-state index in [2.05, 4.69) is 10.3 Å². The molecule has 1 fully saturated rings. The van der Waals surface area contributed by atoms with E-state index in [9.17, 15) is 31.5 Å². The average Bonchev–Trinajstić information content (AvgIpc) is 3.42. The largest absolute Gasteiger partial charge is 0.501 e. The van der Waals surface area contributed by atoms with Crippen molar-refractivity contribution in [1.29, 1.82) is 0 Å². The number of carbonyl (C=O) groups excluding carboxylic acids is 1. The van der Waals surface area contributed by atoms with Gasteiger partial charge >= 0.3 is 5.51 Å². The number of amides is 1. The summed E-state index contributed by atoms with van der Waals surface area (Å²) in [5, 5.41) is 23.0. The molecular formula is C20H23F3N2O5S2. The number of halogens is 3. The zero-order valence-electron chi connectivity index (χ0n) is 16.9. The third-order valence-corrected chi connectivity index (χ3v) is 7.80. The zero-order valence-corrected chi connectivity index (χ0v) is 18.5. The fraction of sp³-hybridized carbons (Fsp3) is 0.500. The van der Waals surface area contributed by atoms with E-state index in [4.69, 9.17) is 5.11 Å². The molecule has 0 radical (unpaired) electrons. The van der Waals surface area contributed by atoms with E-state index in [1.54, 1.807) is 0 Å². The van der Waals surface area contributed by atoms with Crippen LogP contribution in [-0.4, -0.2) is 41.6 Å². The van der Waals surface area contributed by atoms with Crippen molar-refractivity contribution in [3.63, 3.8) is 0 Å². The molecule has 2 aromatic rings. The minimum absolute atomic E-state index is 0.210. The van der Waals surface area contributed by atoms with Crippen molar-refractivity contribution in [2.45, 2.75) is 54.5 Å². The number of carbonyl (C=O) groups is 1. The van der Waals surface area contributed by atoms with E-state index in [0.717, 1.165) is 49.2 Å². The average molecular weight is 493 g/mol. The highest BCUT2D eigenvalue weighted by Crippen LogP contribution is 2.36. The van der Waals surface area contributed by atoms with Gasteiger partial charge in [0.2, 0.25) is 5.91 Å². The molecule has 0 aliphatic heterocycles. The van der Waals surface area contributed by atoms with Crippen LogP contribution in [0.25, 0.3) is 0 Å². The lowest BCUT2D eigenvalue weighted by molar-refractivity contribution is -0.118. The molecule has 32 heavy (non-hydrogen) atoms. The monoisotopic (exact) mass is 492 g/mol. The molecule has 12 heteroatoms. The van der Waals surface area contributed by atoms with Crippen LogP contribution in [0, 0.1) is 5.92 Å². The topological polar surface area (TPSA) is 117 Å². The molecule has 0 saturated heterocycles. The third-order valence-electron chi connectivity index (χ3n) is 5.52. The molecule has 176 valence electrons. The van der Waals surface area contributed by atoms with Crippen LogP contribution in [0.2, 0.25) is 0 Å². The number of aliphatic hydroxyl groups excluding tert-OH is 2. The summed E-state index contributed by atoms with van der Waals surface area (Å²) in [5.74, 6) is -0.869. The summed E-state index contributed by atoms with van der Waals surface area (Å²) in [6.45, 7) is -0.519. The normalized spacial score (nSPS) is 17.3. The summed E-state index contributed by atoms with van der Waals surface area (Å²) in [4.78, 5) is 16.2. The van der Waals surface area contributed by atoms with Crippen LogP contribution in [0.5, 0.6) is 0 Å². The van der Waals surface area contributed by atoms with Crippen LogP contribution in [-0.2, 0) is 14.6 Å². The van der Waals surface area contributed by atoms with E-state index in [1.807, 2.05) is 0 Å². The zero-order chi connectivity index (χ0) is 23.5. The summed E-state index contributed by atoms with van der Waals surface area (Å²) in [6, 6.07) is 4.21. The van der Waals surface area contributed by atoms with Gasteiger partial charge in [-0.3, -0.25) is 4.79 Å². The lowest BCUT2D eigenvalue weighted by atomic mass is 9.87. The Morgan fingerprint density at radius 1 is 1.22 bits per heavy atom. The molecule has 1 saturated carbocycles. The lowest BCUT2D eigenvalue weighted by Gasteiger charge is -2.20. The molecule has 1 aromatic carbocycles. The molecule has 1 aliphatic carbocycles. The van der Waals surface area contributed by atoms with E-state index in [0.29, 0.717) is 12.0 Å². The maximum atomic E-state index is 13.0. The third kappa shape index (κ3) is 5.48. The standard InChI is InChI=1S/C20H23F3N2O5S2/c21-20(22,23)32(29,30)14-7-5-13(6-8-14)15(9-12-3-1-2-4-12)18(28)25-19-24-16(11-31-19)17(27)10-26/h5-8,11-12,15,17,26-27H,1-4,9-10H2,(H,24,25,28). The van der Waals surface area contributed by atoms with Crippen molar-refractivity contribution in [2.24, 2.45) is 5.92 Å². The molecule has 1 heterocycles. The first-order chi connectivity index (χ1) is 15.0. The Hall–Kier alpha value is -2.02. The van der Waals surface area contributed by atoms with Crippen molar-refractivity contribution in [3.8, 4) is 0 Å². The van der Waals surface area contributed by atoms with Gasteiger partial charge in [-0.05, 0) is 30.0 Å². The van der Waals surface area contributed by atoms with Gasteiger partial charge in [0.1, 0.15) is 6.10 Å². The number of aromatic nitrogens is 1. The fourth-order valence-corrected chi connectivity index (χ4v) is 5.29. The van der Waals surface area contributed by atoms with Gasteiger partial charge in [-0.15, -0.1) is 11.3 Å². The van der Waals surface area contributed by atoms with E-state index >= 15 is 0 Å². The summed E-state index contributed by atoms with van der Waals surface area (Å²) >= 11 is 1.07. The molecule has 2 atom stereocenters. The second-order valence-corrected chi connectivity index (χ2v) is 10.5. The van der Waals surface area contributed by atoms with E-state index in [-0.39, 0.29) is 16.7 Å². The number of nitrogens with zero attached hydrogens (tertiary/aromatic N) is 1. The SMILES string of the molecule is O=C(Nc1nc(C(O)CO)cs1)C(CC1CCCC1)c1ccc(S(=O)(=O)C(F)(F)F)cc1.